The predicted octanol–water partition coefficient (Wildman–Crippen LogP) is 2.42. The Hall–Kier alpha value is -1.62. The maximum Gasteiger partial charge on any atom is 0.338 e. The van der Waals surface area contributed by atoms with Gasteiger partial charge in [0.05, 0.1) is 5.56 Å². The minimum absolute atomic E-state index is 0.286. The van der Waals surface area contributed by atoms with Crippen LogP contribution < -0.4 is 5.32 Å². The van der Waals surface area contributed by atoms with Crippen molar-refractivity contribution in [2.24, 2.45) is 0 Å². The molecule has 0 spiro atoms. The number of nitrogens with zero attached hydrogens (tertiary/aromatic N) is 1. The van der Waals surface area contributed by atoms with Crippen molar-refractivity contribution in [1.82, 2.24) is 4.90 Å². The Morgan fingerprint density at radius 2 is 2.26 bits per heavy atom. The van der Waals surface area contributed by atoms with E-state index < -0.39 is 11.8 Å². The van der Waals surface area contributed by atoms with Gasteiger partial charge >= 0.3 is 5.97 Å². The summed E-state index contributed by atoms with van der Waals surface area (Å²) in [5.41, 5.74) is 0.381. The van der Waals surface area contributed by atoms with E-state index in [1.807, 2.05) is 0 Å². The largest absolute Gasteiger partial charge is 0.478 e. The average molecular weight is 266 g/mol. The highest BCUT2D eigenvalue weighted by molar-refractivity contribution is 5.89. The first kappa shape index (κ1) is 13.8. The number of hydrogen-bond acceptors (Lipinski definition) is 3. The molecule has 2 rings (SSSR count). The molecular formula is C14H19FN2O2. The van der Waals surface area contributed by atoms with Gasteiger partial charge in [-0.3, -0.25) is 0 Å². The molecule has 0 bridgehead atoms. The Labute approximate surface area is 112 Å². The van der Waals surface area contributed by atoms with E-state index >= 15 is 0 Å². The lowest BCUT2D eigenvalue weighted by Gasteiger charge is -2.35. The van der Waals surface area contributed by atoms with Gasteiger partial charge in [-0.15, -0.1) is 0 Å². The Morgan fingerprint density at radius 1 is 1.53 bits per heavy atom. The molecule has 5 heteroatoms. The third-order valence-corrected chi connectivity index (χ3v) is 3.78. The molecule has 0 aliphatic carbocycles. The fourth-order valence-corrected chi connectivity index (χ4v) is 2.44. The van der Waals surface area contributed by atoms with E-state index in [0.717, 1.165) is 19.4 Å². The molecule has 1 aromatic rings. The highest BCUT2D eigenvalue weighted by atomic mass is 19.1. The maximum atomic E-state index is 13.3. The highest BCUT2D eigenvalue weighted by Gasteiger charge is 2.22. The first-order chi connectivity index (χ1) is 8.97. The summed E-state index contributed by atoms with van der Waals surface area (Å²) in [5.74, 6) is -1.94. The minimum Gasteiger partial charge on any atom is -0.478 e. The van der Waals surface area contributed by atoms with Gasteiger partial charge in [0.25, 0.3) is 0 Å². The molecule has 1 heterocycles. The van der Waals surface area contributed by atoms with Crippen molar-refractivity contribution in [3.63, 3.8) is 0 Å². The van der Waals surface area contributed by atoms with Crippen LogP contribution in [0.4, 0.5) is 10.1 Å². The topological polar surface area (TPSA) is 52.6 Å². The predicted molar refractivity (Wildman–Crippen MR) is 72.1 cm³/mol. The molecule has 2 atom stereocenters. The monoisotopic (exact) mass is 266 g/mol. The average Bonchev–Trinajstić information content (AvgIpc) is 2.36. The summed E-state index contributed by atoms with van der Waals surface area (Å²) in [4.78, 5) is 13.2. The van der Waals surface area contributed by atoms with Crippen LogP contribution >= 0.6 is 0 Å². The van der Waals surface area contributed by atoms with E-state index in [4.69, 9.17) is 5.11 Å². The molecule has 0 radical (unpaired) electrons. The summed E-state index contributed by atoms with van der Waals surface area (Å²) in [6.45, 7) is 3.17. The molecule has 1 aliphatic heterocycles. The molecule has 4 nitrogen and oxygen atoms in total. The Bertz CT molecular complexity index is 479. The van der Waals surface area contributed by atoms with E-state index in [2.05, 4.69) is 24.2 Å². The fourth-order valence-electron chi connectivity index (χ4n) is 2.44. The Balaban J connectivity index is 2.07. The van der Waals surface area contributed by atoms with Gasteiger partial charge < -0.3 is 15.3 Å². The van der Waals surface area contributed by atoms with Crippen LogP contribution in [0.1, 0.15) is 30.1 Å². The number of anilines is 1. The molecule has 1 aromatic carbocycles. The molecular weight excluding hydrogens is 247 g/mol. The second-order valence-electron chi connectivity index (χ2n) is 5.20. The third kappa shape index (κ3) is 3.23. The van der Waals surface area contributed by atoms with E-state index in [1.165, 1.54) is 12.1 Å². The number of carbonyl (C=O) groups is 1. The molecule has 19 heavy (non-hydrogen) atoms. The lowest BCUT2D eigenvalue weighted by atomic mass is 9.98. The van der Waals surface area contributed by atoms with Crippen LogP contribution in [0.5, 0.6) is 0 Å². The zero-order valence-electron chi connectivity index (χ0n) is 11.2. The summed E-state index contributed by atoms with van der Waals surface area (Å²) >= 11 is 0. The van der Waals surface area contributed by atoms with E-state index in [-0.39, 0.29) is 5.56 Å². The van der Waals surface area contributed by atoms with E-state index in [1.54, 1.807) is 6.07 Å². The first-order valence-corrected chi connectivity index (χ1v) is 6.47. The van der Waals surface area contributed by atoms with Gasteiger partial charge in [0.1, 0.15) is 5.82 Å². The molecule has 1 aliphatic rings. The molecule has 1 fully saturated rings. The number of halogens is 1. The Kier molecular flexibility index (Phi) is 4.04. The molecule has 2 unspecified atom stereocenters. The van der Waals surface area contributed by atoms with Gasteiger partial charge in [-0.2, -0.15) is 0 Å². The molecule has 0 saturated carbocycles. The number of piperidine rings is 1. The summed E-state index contributed by atoms with van der Waals surface area (Å²) in [5, 5.41) is 12.2. The lowest BCUT2D eigenvalue weighted by Crippen LogP contribution is -2.42. The number of likely N-dealkylation sites (tertiary alicyclic amines) is 1. The van der Waals surface area contributed by atoms with E-state index in [0.29, 0.717) is 17.8 Å². The summed E-state index contributed by atoms with van der Waals surface area (Å²) < 4.78 is 13.3. The van der Waals surface area contributed by atoms with Crippen molar-refractivity contribution in [2.45, 2.75) is 31.8 Å². The zero-order chi connectivity index (χ0) is 14.0. The van der Waals surface area contributed by atoms with Crippen molar-refractivity contribution in [3.05, 3.63) is 29.6 Å². The van der Waals surface area contributed by atoms with Crippen molar-refractivity contribution in [1.29, 1.82) is 0 Å². The third-order valence-electron chi connectivity index (χ3n) is 3.78. The van der Waals surface area contributed by atoms with Crippen molar-refractivity contribution >= 4 is 11.7 Å². The van der Waals surface area contributed by atoms with Crippen molar-refractivity contribution in [3.8, 4) is 0 Å². The molecule has 0 aromatic heterocycles. The SMILES string of the molecule is CC1CC(Nc2ccc(F)c(C(=O)O)c2)CCN1C. The van der Waals surface area contributed by atoms with Crippen LogP contribution in [0.3, 0.4) is 0 Å². The number of carboxylic acids is 1. The van der Waals surface area contributed by atoms with E-state index in [9.17, 15) is 9.18 Å². The van der Waals surface area contributed by atoms with Crippen molar-refractivity contribution in [2.75, 3.05) is 18.9 Å². The van der Waals surface area contributed by atoms with Crippen LogP contribution in [0.2, 0.25) is 0 Å². The second kappa shape index (κ2) is 5.57. The molecule has 2 N–H and O–H groups in total. The van der Waals surface area contributed by atoms with Gasteiger partial charge in [0.15, 0.2) is 0 Å². The van der Waals surface area contributed by atoms with Gasteiger partial charge in [-0.25, -0.2) is 9.18 Å². The lowest BCUT2D eigenvalue weighted by molar-refractivity contribution is 0.0692. The highest BCUT2D eigenvalue weighted by Crippen LogP contribution is 2.21. The van der Waals surface area contributed by atoms with Gasteiger partial charge in [-0.05, 0) is 45.0 Å². The first-order valence-electron chi connectivity index (χ1n) is 6.47. The van der Waals surface area contributed by atoms with Crippen LogP contribution in [0, 0.1) is 5.82 Å². The smallest absolute Gasteiger partial charge is 0.338 e. The van der Waals surface area contributed by atoms with Gasteiger partial charge in [-0.1, -0.05) is 0 Å². The standard InChI is InChI=1S/C14H19FN2O2/c1-9-7-11(5-6-17(9)2)16-10-3-4-13(15)12(8-10)14(18)19/h3-4,8-9,11,16H,5-7H2,1-2H3,(H,18,19). The molecule has 104 valence electrons. The number of benzene rings is 1. The Morgan fingerprint density at radius 3 is 2.89 bits per heavy atom. The van der Waals surface area contributed by atoms with Gasteiger partial charge in [0.2, 0.25) is 0 Å². The minimum atomic E-state index is -1.24. The number of aromatic carboxylic acids is 1. The molecule has 0 amide bonds. The quantitative estimate of drug-likeness (QED) is 0.882. The van der Waals surface area contributed by atoms with Crippen LogP contribution in [0.15, 0.2) is 18.2 Å². The second-order valence-corrected chi connectivity index (χ2v) is 5.20. The summed E-state index contributed by atoms with van der Waals surface area (Å²) in [7, 11) is 2.10. The normalized spacial score (nSPS) is 24.2. The van der Waals surface area contributed by atoms with Crippen LogP contribution in [-0.2, 0) is 0 Å². The van der Waals surface area contributed by atoms with Gasteiger partial charge in [0, 0.05) is 24.3 Å². The van der Waals surface area contributed by atoms with Crippen LogP contribution in [-0.4, -0.2) is 41.7 Å². The molecule has 1 saturated heterocycles. The number of nitrogens with one attached hydrogen (secondary N) is 1. The van der Waals surface area contributed by atoms with Crippen molar-refractivity contribution < 1.29 is 14.3 Å². The maximum absolute atomic E-state index is 13.3. The number of hydrogen-bond donors (Lipinski definition) is 2. The fraction of sp³-hybridized carbons (Fsp3) is 0.500. The summed E-state index contributed by atoms with van der Waals surface area (Å²) in [6, 6.07) is 4.94. The number of carboxylic acid groups (broad SMARTS) is 1. The number of rotatable bonds is 3. The summed E-state index contributed by atoms with van der Waals surface area (Å²) in [6.07, 6.45) is 2.00. The van der Waals surface area contributed by atoms with Crippen LogP contribution in [0.25, 0.3) is 0 Å². The zero-order valence-corrected chi connectivity index (χ0v) is 11.2.